The molecule has 5 nitrogen and oxygen atoms in total. The lowest BCUT2D eigenvalue weighted by Gasteiger charge is -2.24. The Hall–Kier alpha value is -2.09. The largest absolute Gasteiger partial charge is 0.357 e. The van der Waals surface area contributed by atoms with Crippen molar-refractivity contribution in [3.05, 3.63) is 65.7 Å². The third-order valence-corrected chi connectivity index (χ3v) is 5.26. The molecule has 1 fully saturated rings. The van der Waals surface area contributed by atoms with Gasteiger partial charge in [-0.3, -0.25) is 9.79 Å². The van der Waals surface area contributed by atoms with Crippen molar-refractivity contribution in [3.63, 3.8) is 0 Å². The van der Waals surface area contributed by atoms with Crippen molar-refractivity contribution in [2.24, 2.45) is 4.99 Å². The molecule has 3 N–H and O–H groups in total. The molecule has 0 bridgehead atoms. The molecule has 148 valence electrons. The molecule has 0 saturated heterocycles. The van der Waals surface area contributed by atoms with Crippen LogP contribution in [0.2, 0.25) is 0 Å². The van der Waals surface area contributed by atoms with Gasteiger partial charge in [-0.05, 0) is 30.5 Å². The van der Waals surface area contributed by atoms with Gasteiger partial charge in [0, 0.05) is 36.5 Å². The number of halogens is 1. The average Bonchev–Trinajstić information content (AvgIpc) is 3.46. The lowest BCUT2D eigenvalue weighted by Crippen LogP contribution is -2.39. The highest BCUT2D eigenvalue weighted by Gasteiger charge is 2.38. The van der Waals surface area contributed by atoms with Gasteiger partial charge in [0.25, 0.3) is 0 Å². The van der Waals surface area contributed by atoms with E-state index >= 15 is 0 Å². The number of hydrogen-bond donors (Lipinski definition) is 3. The van der Waals surface area contributed by atoms with Crippen molar-refractivity contribution in [2.75, 3.05) is 18.4 Å². The molecule has 0 aromatic heterocycles. The van der Waals surface area contributed by atoms with Gasteiger partial charge in [0.15, 0.2) is 5.96 Å². The molecule has 0 radical (unpaired) electrons. The maximum Gasteiger partial charge on any atom is 0.225 e. The zero-order valence-corrected chi connectivity index (χ0v) is 18.4. The number of hydrogen-bond acceptors (Lipinski definition) is 2. The normalized spacial score (nSPS) is 23.1. The van der Waals surface area contributed by atoms with E-state index in [4.69, 9.17) is 4.99 Å². The first-order chi connectivity index (χ1) is 13.2. The monoisotopic (exact) mass is 490 g/mol. The maximum absolute atomic E-state index is 12.0. The Kier molecular flexibility index (Phi) is 6.93. The van der Waals surface area contributed by atoms with Gasteiger partial charge in [-0.25, -0.2) is 0 Å². The van der Waals surface area contributed by atoms with Gasteiger partial charge in [0.05, 0.1) is 6.54 Å². The SMILES string of the molecule is CCNC(=NCC1CC(=O)Nc2ccccc21)NC1CC1c1ccccc1.I. The zero-order chi connectivity index (χ0) is 18.6. The summed E-state index contributed by atoms with van der Waals surface area (Å²) < 4.78 is 0. The summed E-state index contributed by atoms with van der Waals surface area (Å²) in [7, 11) is 0. The Balaban J connectivity index is 0.00000225. The Morgan fingerprint density at radius 3 is 2.68 bits per heavy atom. The minimum atomic E-state index is 0. The highest BCUT2D eigenvalue weighted by Crippen LogP contribution is 2.40. The Labute approximate surface area is 183 Å². The Morgan fingerprint density at radius 1 is 1.14 bits per heavy atom. The first-order valence-electron chi connectivity index (χ1n) is 9.73. The van der Waals surface area contributed by atoms with E-state index in [-0.39, 0.29) is 35.8 Å². The number of nitrogens with zero attached hydrogens (tertiary/aromatic N) is 1. The number of benzene rings is 2. The third kappa shape index (κ3) is 4.84. The average molecular weight is 490 g/mol. The highest BCUT2D eigenvalue weighted by atomic mass is 127. The predicted octanol–water partition coefficient (Wildman–Crippen LogP) is 3.84. The van der Waals surface area contributed by atoms with Gasteiger partial charge in [0.1, 0.15) is 0 Å². The van der Waals surface area contributed by atoms with Gasteiger partial charge in [-0.15, -0.1) is 24.0 Å². The van der Waals surface area contributed by atoms with Gasteiger partial charge in [-0.2, -0.15) is 0 Å². The summed E-state index contributed by atoms with van der Waals surface area (Å²) in [5.41, 5.74) is 3.47. The molecule has 1 saturated carbocycles. The molecule has 4 rings (SSSR count). The van der Waals surface area contributed by atoms with Gasteiger partial charge >= 0.3 is 0 Å². The number of para-hydroxylation sites is 1. The van der Waals surface area contributed by atoms with Crippen LogP contribution in [0.4, 0.5) is 5.69 Å². The predicted molar refractivity (Wildman–Crippen MR) is 125 cm³/mol. The summed E-state index contributed by atoms with van der Waals surface area (Å²) in [5.74, 6) is 1.58. The summed E-state index contributed by atoms with van der Waals surface area (Å²) in [6.07, 6.45) is 1.61. The topological polar surface area (TPSA) is 65.5 Å². The van der Waals surface area contributed by atoms with E-state index in [0.717, 1.165) is 24.6 Å². The number of guanidine groups is 1. The summed E-state index contributed by atoms with van der Waals surface area (Å²) in [6, 6.07) is 19.1. The molecule has 3 atom stereocenters. The van der Waals surface area contributed by atoms with Crippen molar-refractivity contribution >= 4 is 41.5 Å². The van der Waals surface area contributed by atoms with Gasteiger partial charge in [-0.1, -0.05) is 48.5 Å². The van der Waals surface area contributed by atoms with Crippen molar-refractivity contribution in [1.82, 2.24) is 10.6 Å². The third-order valence-electron chi connectivity index (χ3n) is 5.26. The minimum absolute atomic E-state index is 0. The number of carbonyl (C=O) groups is 1. The maximum atomic E-state index is 12.0. The van der Waals surface area contributed by atoms with E-state index in [2.05, 4.69) is 59.3 Å². The number of rotatable bonds is 5. The highest BCUT2D eigenvalue weighted by molar-refractivity contribution is 14.0. The summed E-state index contributed by atoms with van der Waals surface area (Å²) in [6.45, 7) is 3.49. The minimum Gasteiger partial charge on any atom is -0.357 e. The van der Waals surface area contributed by atoms with Crippen molar-refractivity contribution in [2.45, 2.75) is 37.6 Å². The number of fused-ring (bicyclic) bond motifs is 1. The molecule has 1 aliphatic heterocycles. The summed E-state index contributed by atoms with van der Waals surface area (Å²) in [4.78, 5) is 16.8. The Morgan fingerprint density at radius 2 is 1.89 bits per heavy atom. The molecular weight excluding hydrogens is 463 g/mol. The van der Waals surface area contributed by atoms with Gasteiger partial charge in [0.2, 0.25) is 5.91 Å². The molecule has 1 amide bonds. The fourth-order valence-electron chi connectivity index (χ4n) is 3.78. The molecule has 1 aliphatic carbocycles. The lowest BCUT2D eigenvalue weighted by molar-refractivity contribution is -0.116. The van der Waals surface area contributed by atoms with E-state index in [1.807, 2.05) is 18.2 Å². The van der Waals surface area contributed by atoms with E-state index in [1.165, 1.54) is 11.1 Å². The van der Waals surface area contributed by atoms with E-state index in [9.17, 15) is 4.79 Å². The molecular formula is C22H27IN4O. The fraction of sp³-hybridized carbons (Fsp3) is 0.364. The molecule has 2 aromatic rings. The van der Waals surface area contributed by atoms with Crippen LogP contribution in [0.1, 0.15) is 42.7 Å². The molecule has 1 heterocycles. The number of aliphatic imine (C=N–C) groups is 1. The Bertz CT molecular complexity index is 839. The smallest absolute Gasteiger partial charge is 0.225 e. The van der Waals surface area contributed by atoms with Crippen molar-refractivity contribution < 1.29 is 4.79 Å². The molecule has 6 heteroatoms. The van der Waals surface area contributed by atoms with Crippen LogP contribution in [0.15, 0.2) is 59.6 Å². The molecule has 3 unspecified atom stereocenters. The summed E-state index contributed by atoms with van der Waals surface area (Å²) in [5, 5.41) is 9.84. The van der Waals surface area contributed by atoms with Crippen LogP contribution in [0, 0.1) is 0 Å². The van der Waals surface area contributed by atoms with Crippen LogP contribution in [-0.4, -0.2) is 31.0 Å². The van der Waals surface area contributed by atoms with Crippen LogP contribution < -0.4 is 16.0 Å². The standard InChI is InChI=1S/C22H26N4O.HI/c1-2-23-22(26-20-13-18(20)15-8-4-3-5-9-15)24-14-16-12-21(27)25-19-11-7-6-10-17(16)19;/h3-11,16,18,20H,2,12-14H2,1H3,(H,25,27)(H2,23,24,26);1H. The van der Waals surface area contributed by atoms with Crippen molar-refractivity contribution in [3.8, 4) is 0 Å². The van der Waals surface area contributed by atoms with Crippen molar-refractivity contribution in [1.29, 1.82) is 0 Å². The van der Waals surface area contributed by atoms with Crippen LogP contribution in [-0.2, 0) is 4.79 Å². The van der Waals surface area contributed by atoms with E-state index in [0.29, 0.717) is 24.9 Å². The van der Waals surface area contributed by atoms with Crippen LogP contribution >= 0.6 is 24.0 Å². The molecule has 0 spiro atoms. The lowest BCUT2D eigenvalue weighted by atomic mass is 9.91. The van der Waals surface area contributed by atoms with Gasteiger partial charge < -0.3 is 16.0 Å². The van der Waals surface area contributed by atoms with E-state index in [1.54, 1.807) is 0 Å². The van der Waals surface area contributed by atoms with E-state index < -0.39 is 0 Å². The van der Waals surface area contributed by atoms with Crippen LogP contribution in [0.25, 0.3) is 0 Å². The number of amides is 1. The summed E-state index contributed by atoms with van der Waals surface area (Å²) >= 11 is 0. The van der Waals surface area contributed by atoms with Crippen LogP contribution in [0.3, 0.4) is 0 Å². The number of carbonyl (C=O) groups excluding carboxylic acids is 1. The number of anilines is 1. The second-order valence-electron chi connectivity index (χ2n) is 7.26. The zero-order valence-electron chi connectivity index (χ0n) is 16.0. The molecule has 2 aliphatic rings. The first-order valence-corrected chi connectivity index (χ1v) is 9.73. The fourth-order valence-corrected chi connectivity index (χ4v) is 3.78. The molecule has 28 heavy (non-hydrogen) atoms. The quantitative estimate of drug-likeness (QED) is 0.339. The van der Waals surface area contributed by atoms with Crippen LogP contribution in [0.5, 0.6) is 0 Å². The second-order valence-corrected chi connectivity index (χ2v) is 7.26. The second kappa shape index (κ2) is 9.41. The number of nitrogens with one attached hydrogen (secondary N) is 3. The molecule has 2 aromatic carbocycles. The first kappa shape index (κ1) is 20.6.